The average Bonchev–Trinajstić information content (AvgIpc) is 3.07. The second-order valence-corrected chi connectivity index (χ2v) is 8.71. The van der Waals surface area contributed by atoms with Gasteiger partial charge < -0.3 is 18.9 Å². The maximum Gasteiger partial charge on any atom is 0.328 e. The van der Waals surface area contributed by atoms with Gasteiger partial charge in [0.25, 0.3) is 11.5 Å². The van der Waals surface area contributed by atoms with Gasteiger partial charge in [-0.05, 0) is 37.0 Å². The maximum absolute atomic E-state index is 13.8. The van der Waals surface area contributed by atoms with Gasteiger partial charge in [0.2, 0.25) is 0 Å². The molecule has 34 heavy (non-hydrogen) atoms. The first kappa shape index (κ1) is 23.9. The van der Waals surface area contributed by atoms with Crippen molar-refractivity contribution in [2.45, 2.75) is 44.8 Å². The standard InChI is InChI=1S/C25H30FN3O5/c1-33-21-15-22(30)28-14-13-27(16-17-6-8-18(26)9-7-17)12-10-19(28)23(21)24(31)29-11-4-3-5-20(29)25(32)34-2/h6-9,15,20H,3-5,10-14,16H2,1-2H3/t20-/m0/s1. The number of amides is 1. The van der Waals surface area contributed by atoms with Crippen molar-refractivity contribution in [3.63, 3.8) is 0 Å². The zero-order chi connectivity index (χ0) is 24.2. The van der Waals surface area contributed by atoms with Crippen molar-refractivity contribution in [3.05, 3.63) is 63.3 Å². The number of piperidine rings is 1. The Balaban J connectivity index is 1.65. The summed E-state index contributed by atoms with van der Waals surface area (Å²) in [6.07, 6.45) is 2.64. The highest BCUT2D eigenvalue weighted by Crippen LogP contribution is 2.28. The molecule has 1 saturated heterocycles. The fourth-order valence-corrected chi connectivity index (χ4v) is 4.89. The summed E-state index contributed by atoms with van der Waals surface area (Å²) < 4.78 is 25.3. The lowest BCUT2D eigenvalue weighted by atomic mass is 9.99. The van der Waals surface area contributed by atoms with Crippen LogP contribution in [0.5, 0.6) is 5.75 Å². The Bertz CT molecular complexity index is 1110. The van der Waals surface area contributed by atoms with Gasteiger partial charge in [-0.25, -0.2) is 9.18 Å². The number of methoxy groups -OCH3 is 2. The molecular weight excluding hydrogens is 441 g/mol. The number of hydrogen-bond donors (Lipinski definition) is 0. The van der Waals surface area contributed by atoms with Crippen molar-refractivity contribution < 1.29 is 23.5 Å². The third-order valence-corrected chi connectivity index (χ3v) is 6.68. The molecule has 0 N–H and O–H groups in total. The molecule has 2 aliphatic rings. The van der Waals surface area contributed by atoms with Crippen molar-refractivity contribution in [2.75, 3.05) is 33.9 Å². The number of esters is 1. The molecule has 0 spiro atoms. The maximum atomic E-state index is 13.8. The third kappa shape index (κ3) is 4.84. The second kappa shape index (κ2) is 10.4. The van der Waals surface area contributed by atoms with Crippen LogP contribution in [-0.4, -0.2) is 66.1 Å². The zero-order valence-corrected chi connectivity index (χ0v) is 19.6. The van der Waals surface area contributed by atoms with E-state index >= 15 is 0 Å². The molecule has 1 aromatic heterocycles. The van der Waals surface area contributed by atoms with Gasteiger partial charge in [-0.2, -0.15) is 0 Å². The zero-order valence-electron chi connectivity index (χ0n) is 19.6. The topological polar surface area (TPSA) is 81.1 Å². The number of fused-ring (bicyclic) bond motifs is 1. The van der Waals surface area contributed by atoms with Gasteiger partial charge in [0.15, 0.2) is 0 Å². The van der Waals surface area contributed by atoms with Gasteiger partial charge in [-0.1, -0.05) is 12.1 Å². The van der Waals surface area contributed by atoms with Crippen molar-refractivity contribution in [3.8, 4) is 5.75 Å². The van der Waals surface area contributed by atoms with Crippen LogP contribution in [0.1, 0.15) is 40.9 Å². The van der Waals surface area contributed by atoms with Crippen LogP contribution in [0.4, 0.5) is 4.39 Å². The summed E-state index contributed by atoms with van der Waals surface area (Å²) in [5.41, 5.74) is 1.70. The minimum atomic E-state index is -0.649. The fraction of sp³-hybridized carbons (Fsp3) is 0.480. The van der Waals surface area contributed by atoms with E-state index in [2.05, 4.69) is 4.90 Å². The van der Waals surface area contributed by atoms with E-state index in [0.29, 0.717) is 56.8 Å². The predicted molar refractivity (Wildman–Crippen MR) is 123 cm³/mol. The van der Waals surface area contributed by atoms with Gasteiger partial charge in [0.05, 0.1) is 14.2 Å². The largest absolute Gasteiger partial charge is 0.496 e. The molecule has 1 amide bonds. The van der Waals surface area contributed by atoms with Gasteiger partial charge in [-0.3, -0.25) is 14.5 Å². The molecule has 0 saturated carbocycles. The molecule has 3 heterocycles. The summed E-state index contributed by atoms with van der Waals surface area (Å²) >= 11 is 0. The lowest BCUT2D eigenvalue weighted by Crippen LogP contribution is -2.49. The van der Waals surface area contributed by atoms with Crippen LogP contribution in [0.25, 0.3) is 0 Å². The molecule has 0 radical (unpaired) electrons. The molecule has 9 heteroatoms. The Labute approximate surface area is 197 Å². The van der Waals surface area contributed by atoms with Crippen LogP contribution in [0.3, 0.4) is 0 Å². The Morgan fingerprint density at radius 3 is 2.53 bits per heavy atom. The summed E-state index contributed by atoms with van der Waals surface area (Å²) in [7, 11) is 2.76. The lowest BCUT2D eigenvalue weighted by molar-refractivity contribution is -0.147. The number of rotatable bonds is 5. The molecular formula is C25H30FN3O5. The van der Waals surface area contributed by atoms with Crippen LogP contribution in [0.15, 0.2) is 35.1 Å². The molecule has 0 aliphatic carbocycles. The first-order chi connectivity index (χ1) is 16.4. The number of benzene rings is 1. The van der Waals surface area contributed by atoms with Crippen LogP contribution < -0.4 is 10.3 Å². The minimum Gasteiger partial charge on any atom is -0.496 e. The van der Waals surface area contributed by atoms with E-state index in [-0.39, 0.29) is 23.0 Å². The highest BCUT2D eigenvalue weighted by atomic mass is 19.1. The number of aromatic nitrogens is 1. The van der Waals surface area contributed by atoms with E-state index in [0.717, 1.165) is 18.4 Å². The number of ether oxygens (including phenoxy) is 2. The summed E-state index contributed by atoms with van der Waals surface area (Å²) in [5, 5.41) is 0. The van der Waals surface area contributed by atoms with Crippen molar-refractivity contribution in [1.82, 2.24) is 14.4 Å². The van der Waals surface area contributed by atoms with Crippen LogP contribution >= 0.6 is 0 Å². The highest BCUT2D eigenvalue weighted by Gasteiger charge is 2.36. The monoisotopic (exact) mass is 471 g/mol. The quantitative estimate of drug-likeness (QED) is 0.622. The van der Waals surface area contributed by atoms with Gasteiger partial charge in [0.1, 0.15) is 23.2 Å². The number of hydrogen-bond acceptors (Lipinski definition) is 6. The molecule has 8 nitrogen and oxygen atoms in total. The van der Waals surface area contributed by atoms with Gasteiger partial charge in [-0.15, -0.1) is 0 Å². The minimum absolute atomic E-state index is 0.224. The lowest BCUT2D eigenvalue weighted by Gasteiger charge is -2.34. The number of pyridine rings is 1. The third-order valence-electron chi connectivity index (χ3n) is 6.68. The van der Waals surface area contributed by atoms with Crippen molar-refractivity contribution in [2.24, 2.45) is 0 Å². The van der Waals surface area contributed by atoms with Crippen LogP contribution in [0.2, 0.25) is 0 Å². The predicted octanol–water partition coefficient (Wildman–Crippen LogP) is 2.22. The van der Waals surface area contributed by atoms with E-state index in [9.17, 15) is 18.8 Å². The molecule has 2 aromatic rings. The number of carbonyl (C=O) groups excluding carboxylic acids is 2. The average molecular weight is 472 g/mol. The van der Waals surface area contributed by atoms with E-state index < -0.39 is 12.0 Å². The first-order valence-electron chi connectivity index (χ1n) is 11.6. The van der Waals surface area contributed by atoms with E-state index in [1.165, 1.54) is 32.4 Å². The Morgan fingerprint density at radius 2 is 1.82 bits per heavy atom. The number of nitrogens with zero attached hydrogens (tertiary/aromatic N) is 3. The molecule has 2 aliphatic heterocycles. The second-order valence-electron chi connectivity index (χ2n) is 8.71. The van der Waals surface area contributed by atoms with E-state index in [1.807, 2.05) is 0 Å². The number of carbonyl (C=O) groups is 2. The molecule has 1 aromatic carbocycles. The fourth-order valence-electron chi connectivity index (χ4n) is 4.89. The summed E-state index contributed by atoms with van der Waals surface area (Å²) in [6, 6.07) is 7.07. The summed E-state index contributed by atoms with van der Waals surface area (Å²) in [6.45, 7) is 2.69. The highest BCUT2D eigenvalue weighted by molar-refractivity contribution is 6.00. The molecule has 4 rings (SSSR count). The SMILES string of the molecule is COC(=O)[C@@H]1CCCCN1C(=O)c1c(OC)cc(=O)n2c1CCN(Cc1ccc(F)cc1)CC2. The van der Waals surface area contributed by atoms with Crippen molar-refractivity contribution >= 4 is 11.9 Å². The van der Waals surface area contributed by atoms with Crippen molar-refractivity contribution in [1.29, 1.82) is 0 Å². The molecule has 1 fully saturated rings. The van der Waals surface area contributed by atoms with Gasteiger partial charge >= 0.3 is 5.97 Å². The number of halogens is 1. The Kier molecular flexibility index (Phi) is 7.31. The number of likely N-dealkylation sites (tertiary alicyclic amines) is 1. The van der Waals surface area contributed by atoms with E-state index in [1.54, 1.807) is 21.6 Å². The summed E-state index contributed by atoms with van der Waals surface area (Å²) in [5.74, 6) is -0.807. The Morgan fingerprint density at radius 1 is 1.06 bits per heavy atom. The van der Waals surface area contributed by atoms with Crippen LogP contribution in [-0.2, 0) is 29.0 Å². The van der Waals surface area contributed by atoms with Crippen LogP contribution in [0, 0.1) is 5.82 Å². The first-order valence-corrected chi connectivity index (χ1v) is 11.6. The molecule has 1 atom stereocenters. The molecule has 182 valence electrons. The smallest absolute Gasteiger partial charge is 0.328 e. The Hall–Kier alpha value is -3.20. The molecule has 0 unspecified atom stereocenters. The van der Waals surface area contributed by atoms with E-state index in [4.69, 9.17) is 9.47 Å². The normalized spacial score (nSPS) is 18.7. The van der Waals surface area contributed by atoms with Gasteiger partial charge in [0, 0.05) is 50.9 Å². The summed E-state index contributed by atoms with van der Waals surface area (Å²) in [4.78, 5) is 42.8. The molecule has 0 bridgehead atoms.